The first-order chi connectivity index (χ1) is 11.5. The van der Waals surface area contributed by atoms with Crippen molar-refractivity contribution in [3.63, 3.8) is 0 Å². The maximum atomic E-state index is 12.4. The van der Waals surface area contributed by atoms with Crippen LogP contribution in [0.3, 0.4) is 0 Å². The number of nitrogens with zero attached hydrogens (tertiary/aromatic N) is 2. The molecule has 0 saturated carbocycles. The quantitative estimate of drug-likeness (QED) is 0.802. The lowest BCUT2D eigenvalue weighted by Gasteiger charge is -2.17. The molecule has 24 heavy (non-hydrogen) atoms. The molecule has 2 N–H and O–H groups in total. The van der Waals surface area contributed by atoms with Crippen LogP contribution in [-0.4, -0.2) is 27.4 Å². The summed E-state index contributed by atoms with van der Waals surface area (Å²) < 4.78 is 1.29. The number of benzene rings is 1. The van der Waals surface area contributed by atoms with Crippen LogP contribution in [0.1, 0.15) is 41.9 Å². The predicted molar refractivity (Wildman–Crippen MR) is 92.2 cm³/mol. The van der Waals surface area contributed by atoms with Crippen molar-refractivity contribution < 1.29 is 9.90 Å². The molecule has 128 valence electrons. The Kier molecular flexibility index (Phi) is 6.52. The Morgan fingerprint density at radius 1 is 1.29 bits per heavy atom. The maximum Gasteiger partial charge on any atom is 0.272 e. The maximum absolute atomic E-state index is 12.4. The SMILES string of the molecule is CCCCn1nc(C(=O)NC(CO)c2ccc(Cl)cc2)ccc1=O. The van der Waals surface area contributed by atoms with Crippen molar-refractivity contribution in [2.75, 3.05) is 6.61 Å². The van der Waals surface area contributed by atoms with Crippen LogP contribution in [0.25, 0.3) is 0 Å². The number of rotatable bonds is 7. The van der Waals surface area contributed by atoms with Crippen molar-refractivity contribution in [1.82, 2.24) is 15.1 Å². The minimum absolute atomic E-state index is 0.137. The standard InChI is InChI=1S/C17H20ClN3O3/c1-2-3-10-21-16(23)9-8-14(20-21)17(24)19-15(11-22)12-4-6-13(18)7-5-12/h4-9,15,22H,2-3,10-11H2,1H3,(H,19,24). The highest BCUT2D eigenvalue weighted by atomic mass is 35.5. The Bertz CT molecular complexity index is 743. The third-order valence-electron chi connectivity index (χ3n) is 3.58. The molecule has 1 atom stereocenters. The molecule has 0 fully saturated rings. The van der Waals surface area contributed by atoms with Crippen molar-refractivity contribution in [2.24, 2.45) is 0 Å². The lowest BCUT2D eigenvalue weighted by Crippen LogP contribution is -2.33. The lowest BCUT2D eigenvalue weighted by molar-refractivity contribution is 0.0908. The van der Waals surface area contributed by atoms with E-state index in [-0.39, 0.29) is 17.9 Å². The number of carbonyl (C=O) groups excluding carboxylic acids is 1. The number of hydrogen-bond acceptors (Lipinski definition) is 4. The van der Waals surface area contributed by atoms with Gasteiger partial charge in [-0.25, -0.2) is 4.68 Å². The van der Waals surface area contributed by atoms with Gasteiger partial charge in [-0.05, 0) is 30.2 Å². The molecule has 0 aliphatic rings. The van der Waals surface area contributed by atoms with Gasteiger partial charge in [-0.2, -0.15) is 5.10 Å². The van der Waals surface area contributed by atoms with Gasteiger partial charge in [0, 0.05) is 17.6 Å². The number of aliphatic hydroxyl groups is 1. The van der Waals surface area contributed by atoms with Crippen LogP contribution in [0.5, 0.6) is 0 Å². The molecule has 0 radical (unpaired) electrons. The summed E-state index contributed by atoms with van der Waals surface area (Å²) in [5, 5.41) is 16.9. The van der Waals surface area contributed by atoms with E-state index in [0.29, 0.717) is 11.6 Å². The molecule has 1 heterocycles. The average molecular weight is 350 g/mol. The van der Waals surface area contributed by atoms with Crippen LogP contribution in [0.15, 0.2) is 41.2 Å². The Morgan fingerprint density at radius 2 is 2.00 bits per heavy atom. The molecule has 0 aliphatic heterocycles. The Balaban J connectivity index is 2.15. The number of unbranched alkanes of at least 4 members (excludes halogenated alkanes) is 1. The van der Waals surface area contributed by atoms with E-state index < -0.39 is 11.9 Å². The summed E-state index contributed by atoms with van der Waals surface area (Å²) in [7, 11) is 0. The zero-order valence-corrected chi connectivity index (χ0v) is 14.2. The van der Waals surface area contributed by atoms with Gasteiger partial charge in [-0.15, -0.1) is 0 Å². The van der Waals surface area contributed by atoms with E-state index in [2.05, 4.69) is 10.4 Å². The topological polar surface area (TPSA) is 84.2 Å². The zero-order valence-electron chi connectivity index (χ0n) is 13.4. The molecule has 6 nitrogen and oxygen atoms in total. The van der Waals surface area contributed by atoms with Gasteiger partial charge in [-0.3, -0.25) is 9.59 Å². The van der Waals surface area contributed by atoms with Gasteiger partial charge < -0.3 is 10.4 Å². The first kappa shape index (κ1) is 18.2. The Morgan fingerprint density at radius 3 is 2.62 bits per heavy atom. The molecular weight excluding hydrogens is 330 g/mol. The van der Waals surface area contributed by atoms with E-state index in [9.17, 15) is 14.7 Å². The first-order valence-electron chi connectivity index (χ1n) is 7.80. The van der Waals surface area contributed by atoms with E-state index in [0.717, 1.165) is 18.4 Å². The number of hydrogen-bond donors (Lipinski definition) is 2. The van der Waals surface area contributed by atoms with Crippen molar-refractivity contribution in [3.8, 4) is 0 Å². The fourth-order valence-electron chi connectivity index (χ4n) is 2.20. The summed E-state index contributed by atoms with van der Waals surface area (Å²) in [5.41, 5.74) is 0.629. The van der Waals surface area contributed by atoms with Crippen LogP contribution < -0.4 is 10.9 Å². The number of carbonyl (C=O) groups is 1. The molecule has 1 aromatic heterocycles. The van der Waals surface area contributed by atoms with Gasteiger partial charge in [0.15, 0.2) is 0 Å². The third kappa shape index (κ3) is 4.66. The second-order valence-electron chi connectivity index (χ2n) is 5.39. The molecule has 2 rings (SSSR count). The van der Waals surface area contributed by atoms with Crippen molar-refractivity contribution >= 4 is 17.5 Å². The monoisotopic (exact) mass is 349 g/mol. The predicted octanol–water partition coefficient (Wildman–Crippen LogP) is 2.16. The van der Waals surface area contributed by atoms with Crippen LogP contribution in [0.4, 0.5) is 0 Å². The van der Waals surface area contributed by atoms with E-state index >= 15 is 0 Å². The summed E-state index contributed by atoms with van der Waals surface area (Å²) >= 11 is 5.84. The van der Waals surface area contributed by atoms with Gasteiger partial charge in [0.2, 0.25) is 0 Å². The molecule has 2 aromatic rings. The summed E-state index contributed by atoms with van der Waals surface area (Å²) in [4.78, 5) is 24.1. The van der Waals surface area contributed by atoms with Crippen molar-refractivity contribution in [2.45, 2.75) is 32.4 Å². The summed E-state index contributed by atoms with van der Waals surface area (Å²) in [6.45, 7) is 2.22. The van der Waals surface area contributed by atoms with Crippen molar-refractivity contribution in [3.05, 3.63) is 63.0 Å². The highest BCUT2D eigenvalue weighted by Gasteiger charge is 2.16. The number of aryl methyl sites for hydroxylation is 1. The van der Waals surface area contributed by atoms with E-state index in [1.54, 1.807) is 24.3 Å². The summed E-state index contributed by atoms with van der Waals surface area (Å²) in [6.07, 6.45) is 1.73. The van der Waals surface area contributed by atoms with Crippen LogP contribution >= 0.6 is 11.6 Å². The normalized spacial score (nSPS) is 12.0. The minimum atomic E-state index is -0.576. The van der Waals surface area contributed by atoms with Gasteiger partial charge in [0.25, 0.3) is 11.5 Å². The second kappa shape index (κ2) is 8.61. The molecule has 1 unspecified atom stereocenters. The number of aromatic nitrogens is 2. The fourth-order valence-corrected chi connectivity index (χ4v) is 2.33. The number of nitrogens with one attached hydrogen (secondary N) is 1. The van der Waals surface area contributed by atoms with Gasteiger partial charge in [0.1, 0.15) is 5.69 Å². The Hall–Kier alpha value is -2.18. The van der Waals surface area contributed by atoms with Crippen LogP contribution in [0.2, 0.25) is 5.02 Å². The van der Waals surface area contributed by atoms with E-state index in [1.165, 1.54) is 16.8 Å². The molecule has 0 aliphatic carbocycles. The van der Waals surface area contributed by atoms with Gasteiger partial charge in [0.05, 0.1) is 12.6 Å². The van der Waals surface area contributed by atoms with Gasteiger partial charge in [-0.1, -0.05) is 37.1 Å². The van der Waals surface area contributed by atoms with Gasteiger partial charge >= 0.3 is 0 Å². The lowest BCUT2D eigenvalue weighted by atomic mass is 10.1. The van der Waals surface area contributed by atoms with E-state index in [1.807, 2.05) is 6.92 Å². The average Bonchev–Trinajstić information content (AvgIpc) is 2.59. The fraction of sp³-hybridized carbons (Fsp3) is 0.353. The van der Waals surface area contributed by atoms with E-state index in [4.69, 9.17) is 11.6 Å². The zero-order chi connectivity index (χ0) is 17.5. The summed E-state index contributed by atoms with van der Waals surface area (Å²) in [6, 6.07) is 8.99. The largest absolute Gasteiger partial charge is 0.394 e. The second-order valence-corrected chi connectivity index (χ2v) is 5.83. The highest BCUT2D eigenvalue weighted by molar-refractivity contribution is 6.30. The smallest absolute Gasteiger partial charge is 0.272 e. The molecule has 0 saturated heterocycles. The first-order valence-corrected chi connectivity index (χ1v) is 8.18. The van der Waals surface area contributed by atoms with Crippen molar-refractivity contribution in [1.29, 1.82) is 0 Å². The molecule has 0 bridgehead atoms. The summed E-state index contributed by atoms with van der Waals surface area (Å²) in [5.74, 6) is -0.450. The highest BCUT2D eigenvalue weighted by Crippen LogP contribution is 2.16. The minimum Gasteiger partial charge on any atom is -0.394 e. The molecule has 1 aromatic carbocycles. The molecular formula is C17H20ClN3O3. The number of halogens is 1. The number of amides is 1. The Labute approximate surface area is 145 Å². The van der Waals surface area contributed by atoms with Crippen LogP contribution in [-0.2, 0) is 6.54 Å². The van der Waals surface area contributed by atoms with Crippen LogP contribution in [0, 0.1) is 0 Å². The number of aliphatic hydroxyl groups excluding tert-OH is 1. The third-order valence-corrected chi connectivity index (χ3v) is 3.83. The molecule has 1 amide bonds. The molecule has 7 heteroatoms. The molecule has 0 spiro atoms.